The van der Waals surface area contributed by atoms with Crippen LogP contribution in [0.15, 0.2) is 47.8 Å². The molecule has 0 bridgehead atoms. The van der Waals surface area contributed by atoms with E-state index in [0.717, 1.165) is 16.3 Å². The molecule has 1 aromatic carbocycles. The van der Waals surface area contributed by atoms with Crippen LogP contribution in [0.5, 0.6) is 5.75 Å². The van der Waals surface area contributed by atoms with Gasteiger partial charge in [-0.2, -0.15) is 0 Å². The van der Waals surface area contributed by atoms with Crippen LogP contribution in [0.1, 0.15) is 29.4 Å². The van der Waals surface area contributed by atoms with Crippen LogP contribution >= 0.6 is 11.3 Å². The molecule has 7 heteroatoms. The van der Waals surface area contributed by atoms with Gasteiger partial charge in [0.1, 0.15) is 11.3 Å². The van der Waals surface area contributed by atoms with Crippen LogP contribution in [0.25, 0.3) is 16.3 Å². The van der Waals surface area contributed by atoms with Crippen molar-refractivity contribution in [3.05, 3.63) is 59.1 Å². The van der Waals surface area contributed by atoms with E-state index in [-0.39, 0.29) is 30.8 Å². The van der Waals surface area contributed by atoms with Crippen LogP contribution in [0.2, 0.25) is 0 Å². The highest BCUT2D eigenvalue weighted by Gasteiger charge is 2.17. The SMILES string of the molecule is CCOC(=O)c1ccc(-n2c(CCC(=O)[O-])ccc2-c2cccs2)cc1O. The first-order valence-corrected chi connectivity index (χ1v) is 9.34. The molecule has 27 heavy (non-hydrogen) atoms. The Morgan fingerprint density at radius 3 is 2.67 bits per heavy atom. The Hall–Kier alpha value is -3.06. The Morgan fingerprint density at radius 1 is 1.22 bits per heavy atom. The topological polar surface area (TPSA) is 91.6 Å². The van der Waals surface area contributed by atoms with Gasteiger partial charge in [0.2, 0.25) is 0 Å². The minimum atomic E-state index is -1.12. The highest BCUT2D eigenvalue weighted by Crippen LogP contribution is 2.32. The molecule has 1 N–H and O–H groups in total. The van der Waals surface area contributed by atoms with Gasteiger partial charge < -0.3 is 24.3 Å². The highest BCUT2D eigenvalue weighted by atomic mass is 32.1. The smallest absolute Gasteiger partial charge is 0.341 e. The number of nitrogens with zero attached hydrogens (tertiary/aromatic N) is 1. The van der Waals surface area contributed by atoms with Gasteiger partial charge in [-0.15, -0.1) is 11.3 Å². The number of aromatic hydroxyl groups is 1. The van der Waals surface area contributed by atoms with Gasteiger partial charge in [-0.25, -0.2) is 4.79 Å². The van der Waals surface area contributed by atoms with Crippen molar-refractivity contribution >= 4 is 23.3 Å². The summed E-state index contributed by atoms with van der Waals surface area (Å²) in [6.07, 6.45) is 0.175. The van der Waals surface area contributed by atoms with E-state index in [0.29, 0.717) is 5.69 Å². The van der Waals surface area contributed by atoms with Crippen molar-refractivity contribution in [1.29, 1.82) is 0 Å². The van der Waals surface area contributed by atoms with Crippen molar-refractivity contribution in [2.24, 2.45) is 0 Å². The van der Waals surface area contributed by atoms with Crippen molar-refractivity contribution < 1.29 is 24.5 Å². The Kier molecular flexibility index (Phi) is 5.61. The molecule has 0 amide bonds. The molecule has 0 aliphatic heterocycles. The zero-order chi connectivity index (χ0) is 19.4. The predicted octanol–water partition coefficient (Wildman–Crippen LogP) is 2.77. The van der Waals surface area contributed by atoms with Crippen molar-refractivity contribution in [3.63, 3.8) is 0 Å². The molecule has 0 saturated carbocycles. The van der Waals surface area contributed by atoms with E-state index in [1.54, 1.807) is 24.3 Å². The second kappa shape index (κ2) is 8.09. The van der Waals surface area contributed by atoms with Gasteiger partial charge in [0.25, 0.3) is 0 Å². The molecule has 0 aliphatic rings. The zero-order valence-electron chi connectivity index (χ0n) is 14.7. The molecule has 0 unspecified atom stereocenters. The van der Waals surface area contributed by atoms with E-state index >= 15 is 0 Å². The molecular weight excluding hydrogens is 366 g/mol. The number of esters is 1. The molecular formula is C20H18NO5S-. The lowest BCUT2D eigenvalue weighted by Crippen LogP contribution is -2.22. The summed E-state index contributed by atoms with van der Waals surface area (Å²) < 4.78 is 6.81. The molecule has 2 heterocycles. The van der Waals surface area contributed by atoms with Crippen molar-refractivity contribution in [2.75, 3.05) is 6.61 Å². The molecule has 3 aromatic rings. The molecule has 0 aliphatic carbocycles. The maximum atomic E-state index is 11.9. The first kappa shape index (κ1) is 18.7. The molecule has 6 nitrogen and oxygen atoms in total. The summed E-state index contributed by atoms with van der Waals surface area (Å²) in [5.74, 6) is -1.91. The third kappa shape index (κ3) is 4.03. The van der Waals surface area contributed by atoms with E-state index in [4.69, 9.17) is 4.74 Å². The molecule has 0 spiro atoms. The Balaban J connectivity index is 2.06. The number of carbonyl (C=O) groups excluding carboxylic acids is 2. The van der Waals surface area contributed by atoms with Crippen molar-refractivity contribution in [1.82, 2.24) is 4.57 Å². The minimum absolute atomic E-state index is 0.0849. The van der Waals surface area contributed by atoms with E-state index in [9.17, 15) is 19.8 Å². The number of rotatable bonds is 7. The molecule has 0 saturated heterocycles. The van der Waals surface area contributed by atoms with Gasteiger partial charge in [-0.3, -0.25) is 0 Å². The number of ether oxygens (including phenoxy) is 1. The maximum absolute atomic E-state index is 11.9. The fraction of sp³-hybridized carbons (Fsp3) is 0.200. The van der Waals surface area contributed by atoms with Crippen LogP contribution in [-0.4, -0.2) is 28.2 Å². The molecule has 0 fully saturated rings. The third-order valence-electron chi connectivity index (χ3n) is 4.06. The fourth-order valence-corrected chi connectivity index (χ4v) is 3.61. The van der Waals surface area contributed by atoms with Gasteiger partial charge in [-0.05, 0) is 55.5 Å². The third-order valence-corrected chi connectivity index (χ3v) is 4.95. The van der Waals surface area contributed by atoms with E-state index < -0.39 is 11.9 Å². The van der Waals surface area contributed by atoms with Crippen LogP contribution in [0, 0.1) is 0 Å². The van der Waals surface area contributed by atoms with Gasteiger partial charge in [0, 0.05) is 23.4 Å². The monoisotopic (exact) mass is 384 g/mol. The quantitative estimate of drug-likeness (QED) is 0.633. The van der Waals surface area contributed by atoms with Gasteiger partial charge in [-0.1, -0.05) is 6.07 Å². The number of aromatic nitrogens is 1. The lowest BCUT2D eigenvalue weighted by Gasteiger charge is -2.15. The fourth-order valence-electron chi connectivity index (χ4n) is 2.87. The Morgan fingerprint density at radius 2 is 2.04 bits per heavy atom. The van der Waals surface area contributed by atoms with Crippen molar-refractivity contribution in [2.45, 2.75) is 19.8 Å². The summed E-state index contributed by atoms with van der Waals surface area (Å²) in [4.78, 5) is 23.8. The average molecular weight is 384 g/mol. The molecule has 0 radical (unpaired) electrons. The number of hydrogen-bond donors (Lipinski definition) is 1. The number of carboxylic acid groups (broad SMARTS) is 1. The largest absolute Gasteiger partial charge is 0.550 e. The van der Waals surface area contributed by atoms with Crippen LogP contribution in [0.4, 0.5) is 0 Å². The Labute approximate surface area is 160 Å². The number of phenolic OH excluding ortho intramolecular Hbond substituents is 1. The first-order chi connectivity index (χ1) is 13.0. The van der Waals surface area contributed by atoms with Gasteiger partial charge in [0.05, 0.1) is 17.2 Å². The zero-order valence-corrected chi connectivity index (χ0v) is 15.5. The summed E-state index contributed by atoms with van der Waals surface area (Å²) in [6.45, 7) is 1.91. The summed E-state index contributed by atoms with van der Waals surface area (Å²) in [7, 11) is 0. The number of aliphatic carboxylic acids is 1. The number of carboxylic acids is 1. The number of carbonyl (C=O) groups is 2. The number of thiophene rings is 1. The number of phenols is 1. The number of benzene rings is 1. The van der Waals surface area contributed by atoms with Gasteiger partial charge >= 0.3 is 5.97 Å². The Bertz CT molecular complexity index is 959. The lowest BCUT2D eigenvalue weighted by atomic mass is 10.1. The summed E-state index contributed by atoms with van der Waals surface area (Å²) in [6, 6.07) is 12.3. The summed E-state index contributed by atoms with van der Waals surface area (Å²) >= 11 is 1.56. The van der Waals surface area contributed by atoms with Crippen LogP contribution < -0.4 is 5.11 Å². The molecule has 0 atom stereocenters. The van der Waals surface area contributed by atoms with E-state index in [1.165, 1.54) is 12.1 Å². The normalized spacial score (nSPS) is 10.7. The van der Waals surface area contributed by atoms with E-state index in [2.05, 4.69) is 0 Å². The van der Waals surface area contributed by atoms with Crippen molar-refractivity contribution in [3.8, 4) is 22.0 Å². The standard InChI is InChI=1S/C20H19NO5S/c1-2-26-20(25)15-8-5-14(12-17(15)22)21-13(7-10-19(23)24)6-9-16(21)18-4-3-11-27-18/h3-6,8-9,11-12,22H,2,7,10H2,1H3,(H,23,24)/p-1. The van der Waals surface area contributed by atoms with Gasteiger partial charge in [0.15, 0.2) is 0 Å². The second-order valence-corrected chi connectivity index (χ2v) is 6.76. The van der Waals surface area contributed by atoms with Crippen LogP contribution in [-0.2, 0) is 16.0 Å². The number of hydrogen-bond acceptors (Lipinski definition) is 6. The molecule has 3 rings (SSSR count). The maximum Gasteiger partial charge on any atom is 0.341 e. The summed E-state index contributed by atoms with van der Waals surface area (Å²) in [5, 5.41) is 23.1. The molecule has 140 valence electrons. The van der Waals surface area contributed by atoms with Crippen LogP contribution in [0.3, 0.4) is 0 Å². The van der Waals surface area contributed by atoms with E-state index in [1.807, 2.05) is 34.2 Å². The summed E-state index contributed by atoms with van der Waals surface area (Å²) in [5.41, 5.74) is 2.36. The minimum Gasteiger partial charge on any atom is -0.550 e. The lowest BCUT2D eigenvalue weighted by molar-refractivity contribution is -0.305. The number of aryl methyl sites for hydroxylation is 1. The molecule has 2 aromatic heterocycles. The second-order valence-electron chi connectivity index (χ2n) is 5.82. The predicted molar refractivity (Wildman–Crippen MR) is 100 cm³/mol. The first-order valence-electron chi connectivity index (χ1n) is 8.46. The average Bonchev–Trinajstić information content (AvgIpc) is 3.29. The highest BCUT2D eigenvalue weighted by molar-refractivity contribution is 7.13.